The van der Waals surface area contributed by atoms with E-state index in [9.17, 15) is 13.2 Å². The number of oxime groups is 1. The van der Waals surface area contributed by atoms with E-state index in [1.54, 1.807) is 5.51 Å². The minimum Gasteiger partial charge on any atom is -0.409 e. The van der Waals surface area contributed by atoms with Crippen molar-refractivity contribution in [2.75, 3.05) is 13.2 Å². The van der Waals surface area contributed by atoms with E-state index in [1.807, 2.05) is 6.92 Å². The smallest absolute Gasteiger partial charge is 0.401 e. The van der Waals surface area contributed by atoms with Gasteiger partial charge in [0.15, 0.2) is 5.84 Å². The summed E-state index contributed by atoms with van der Waals surface area (Å²) in [5.74, 6) is -3.00. The topological polar surface area (TPSA) is 80.7 Å². The number of amidine groups is 1. The second kappa shape index (κ2) is 6.71. The van der Waals surface area contributed by atoms with Crippen LogP contribution in [-0.4, -0.2) is 35.4 Å². The molecule has 108 valence electrons. The highest BCUT2D eigenvalue weighted by Crippen LogP contribution is 2.26. The molecule has 1 atom stereocenters. The summed E-state index contributed by atoms with van der Waals surface area (Å²) in [6, 6.07) is 0. The zero-order chi connectivity index (χ0) is 14.5. The van der Waals surface area contributed by atoms with Crippen LogP contribution in [0.2, 0.25) is 0 Å². The molecule has 0 bridgehead atoms. The maximum atomic E-state index is 12.6. The Hall–Kier alpha value is -1.35. The number of alkyl halides is 3. The highest BCUT2D eigenvalue weighted by molar-refractivity contribution is 7.09. The van der Waals surface area contributed by atoms with Crippen molar-refractivity contribution in [3.8, 4) is 0 Å². The Morgan fingerprint density at radius 1 is 1.63 bits per heavy atom. The fourth-order valence-electron chi connectivity index (χ4n) is 1.35. The average molecular weight is 297 g/mol. The van der Waals surface area contributed by atoms with Crippen molar-refractivity contribution in [3.63, 3.8) is 0 Å². The first kappa shape index (κ1) is 15.7. The Kier molecular flexibility index (Phi) is 5.55. The summed E-state index contributed by atoms with van der Waals surface area (Å²) in [5.41, 5.74) is 7.51. The molecule has 0 amide bonds. The first-order chi connectivity index (χ1) is 8.86. The molecule has 1 aromatic rings. The lowest BCUT2D eigenvalue weighted by atomic mass is 10.1. The number of ether oxygens (including phenoxy) is 1. The van der Waals surface area contributed by atoms with Crippen LogP contribution in [0.25, 0.3) is 0 Å². The number of aromatic nitrogens is 1. The van der Waals surface area contributed by atoms with E-state index in [0.29, 0.717) is 6.42 Å². The Bertz CT molecular complexity index is 434. The van der Waals surface area contributed by atoms with Gasteiger partial charge in [-0.05, 0) is 6.92 Å². The molecule has 0 spiro atoms. The SMILES string of the molecule is Cc1ncsc1CCOCC(C(N)=NO)C(F)(F)F. The van der Waals surface area contributed by atoms with Crippen LogP contribution in [0.5, 0.6) is 0 Å². The maximum absolute atomic E-state index is 12.6. The van der Waals surface area contributed by atoms with E-state index in [2.05, 4.69) is 10.1 Å². The number of nitrogens with two attached hydrogens (primary N) is 1. The minimum absolute atomic E-state index is 0.119. The summed E-state index contributed by atoms with van der Waals surface area (Å²) in [6.07, 6.45) is -4.12. The third-order valence-electron chi connectivity index (χ3n) is 2.47. The zero-order valence-electron chi connectivity index (χ0n) is 10.1. The summed E-state index contributed by atoms with van der Waals surface area (Å²) >= 11 is 1.42. The van der Waals surface area contributed by atoms with Crippen molar-refractivity contribution in [3.05, 3.63) is 16.1 Å². The standard InChI is InChI=1S/C10H14F3N3O2S/c1-6-8(19-5-15-6)2-3-18-4-7(9(14)16-17)10(11,12)13/h5,7,17H,2-4H2,1H3,(H2,14,16). The lowest BCUT2D eigenvalue weighted by Crippen LogP contribution is -2.39. The maximum Gasteiger partial charge on any atom is 0.401 e. The molecule has 3 N–H and O–H groups in total. The Labute approximate surface area is 111 Å². The van der Waals surface area contributed by atoms with Gasteiger partial charge in [0.25, 0.3) is 0 Å². The fraction of sp³-hybridized carbons (Fsp3) is 0.600. The number of rotatable bonds is 6. The Balaban J connectivity index is 2.43. The third kappa shape index (κ3) is 4.67. The fourth-order valence-corrected chi connectivity index (χ4v) is 2.11. The van der Waals surface area contributed by atoms with Crippen LogP contribution in [0.15, 0.2) is 10.7 Å². The summed E-state index contributed by atoms with van der Waals surface area (Å²) in [5, 5.41) is 10.7. The normalized spacial score (nSPS) is 14.6. The number of halogens is 3. The first-order valence-electron chi connectivity index (χ1n) is 5.37. The number of thiazole rings is 1. The molecule has 1 aromatic heterocycles. The molecule has 0 aromatic carbocycles. The van der Waals surface area contributed by atoms with E-state index in [1.165, 1.54) is 11.3 Å². The van der Waals surface area contributed by atoms with Crippen LogP contribution >= 0.6 is 11.3 Å². The molecule has 19 heavy (non-hydrogen) atoms. The van der Waals surface area contributed by atoms with Gasteiger partial charge in [0, 0.05) is 11.3 Å². The predicted molar refractivity (Wildman–Crippen MR) is 64.3 cm³/mol. The van der Waals surface area contributed by atoms with Gasteiger partial charge in [0.2, 0.25) is 0 Å². The van der Waals surface area contributed by atoms with Gasteiger partial charge in [-0.15, -0.1) is 11.3 Å². The Morgan fingerprint density at radius 2 is 2.32 bits per heavy atom. The molecule has 1 unspecified atom stereocenters. The van der Waals surface area contributed by atoms with Gasteiger partial charge < -0.3 is 15.7 Å². The van der Waals surface area contributed by atoms with Gasteiger partial charge in [-0.25, -0.2) is 4.98 Å². The van der Waals surface area contributed by atoms with Gasteiger partial charge >= 0.3 is 6.18 Å². The van der Waals surface area contributed by atoms with Crippen LogP contribution < -0.4 is 5.73 Å². The van der Waals surface area contributed by atoms with Crippen LogP contribution in [0, 0.1) is 12.8 Å². The van der Waals surface area contributed by atoms with Crippen molar-refractivity contribution in [2.24, 2.45) is 16.8 Å². The molecule has 5 nitrogen and oxygen atoms in total. The Morgan fingerprint density at radius 3 is 2.79 bits per heavy atom. The van der Waals surface area contributed by atoms with Gasteiger partial charge in [-0.2, -0.15) is 13.2 Å². The molecule has 0 aliphatic carbocycles. The van der Waals surface area contributed by atoms with Crippen molar-refractivity contribution < 1.29 is 23.1 Å². The van der Waals surface area contributed by atoms with E-state index in [-0.39, 0.29) is 6.61 Å². The van der Waals surface area contributed by atoms with Crippen molar-refractivity contribution in [1.29, 1.82) is 0 Å². The second-order valence-corrected chi connectivity index (χ2v) is 4.74. The monoisotopic (exact) mass is 297 g/mol. The van der Waals surface area contributed by atoms with E-state index < -0.39 is 24.5 Å². The van der Waals surface area contributed by atoms with Gasteiger partial charge in [0.05, 0.1) is 24.4 Å². The lowest BCUT2D eigenvalue weighted by molar-refractivity contribution is -0.168. The number of hydrogen-bond donors (Lipinski definition) is 2. The summed E-state index contributed by atoms with van der Waals surface area (Å²) in [4.78, 5) is 4.99. The van der Waals surface area contributed by atoms with Crippen LogP contribution in [0.3, 0.4) is 0 Å². The van der Waals surface area contributed by atoms with Gasteiger partial charge in [-0.3, -0.25) is 0 Å². The molecule has 1 heterocycles. The van der Waals surface area contributed by atoms with Gasteiger partial charge in [0.1, 0.15) is 5.92 Å². The summed E-state index contributed by atoms with van der Waals surface area (Å²) < 4.78 is 42.6. The molecule has 0 aliphatic heterocycles. The molecule has 1 rings (SSSR count). The van der Waals surface area contributed by atoms with E-state index >= 15 is 0 Å². The molecule has 0 fully saturated rings. The molecule has 0 aliphatic rings. The first-order valence-corrected chi connectivity index (χ1v) is 6.25. The zero-order valence-corrected chi connectivity index (χ0v) is 11.0. The number of nitrogens with zero attached hydrogens (tertiary/aromatic N) is 2. The summed E-state index contributed by atoms with van der Waals surface area (Å²) in [7, 11) is 0. The highest BCUT2D eigenvalue weighted by atomic mass is 32.1. The number of aryl methyl sites for hydroxylation is 1. The predicted octanol–water partition coefficient (Wildman–Crippen LogP) is 1.94. The second-order valence-electron chi connectivity index (χ2n) is 3.80. The van der Waals surface area contributed by atoms with Crippen LogP contribution in [0.1, 0.15) is 10.6 Å². The van der Waals surface area contributed by atoms with Crippen molar-refractivity contribution in [2.45, 2.75) is 19.5 Å². The van der Waals surface area contributed by atoms with E-state index in [4.69, 9.17) is 15.7 Å². The minimum atomic E-state index is -4.60. The molecule has 0 saturated heterocycles. The van der Waals surface area contributed by atoms with Gasteiger partial charge in [-0.1, -0.05) is 5.16 Å². The molecule has 0 saturated carbocycles. The molecule has 0 radical (unpaired) electrons. The van der Waals surface area contributed by atoms with Crippen molar-refractivity contribution >= 4 is 17.2 Å². The summed E-state index contributed by atoms with van der Waals surface area (Å²) in [6.45, 7) is 1.27. The van der Waals surface area contributed by atoms with Crippen molar-refractivity contribution in [1.82, 2.24) is 4.98 Å². The van der Waals surface area contributed by atoms with Crippen LogP contribution in [-0.2, 0) is 11.2 Å². The lowest BCUT2D eigenvalue weighted by Gasteiger charge is -2.18. The molecular formula is C10H14F3N3O2S. The number of hydrogen-bond acceptors (Lipinski definition) is 5. The quantitative estimate of drug-likeness (QED) is 0.276. The van der Waals surface area contributed by atoms with E-state index in [0.717, 1.165) is 10.6 Å². The van der Waals surface area contributed by atoms with Crippen LogP contribution in [0.4, 0.5) is 13.2 Å². The largest absolute Gasteiger partial charge is 0.409 e. The molecular weight excluding hydrogens is 283 g/mol. The highest BCUT2D eigenvalue weighted by Gasteiger charge is 2.43. The third-order valence-corrected chi connectivity index (χ3v) is 3.47. The molecule has 9 heteroatoms. The average Bonchev–Trinajstić information content (AvgIpc) is 2.72.